The van der Waals surface area contributed by atoms with Gasteiger partial charge in [-0.25, -0.2) is 13.1 Å². The predicted molar refractivity (Wildman–Crippen MR) is 113 cm³/mol. The quantitative estimate of drug-likeness (QED) is 0.440. The van der Waals surface area contributed by atoms with Crippen molar-refractivity contribution in [2.75, 3.05) is 25.4 Å². The van der Waals surface area contributed by atoms with Crippen molar-refractivity contribution in [3.05, 3.63) is 36.1 Å². The van der Waals surface area contributed by atoms with Gasteiger partial charge in [-0.15, -0.1) is 0 Å². The highest BCUT2D eigenvalue weighted by atomic mass is 32.2. The van der Waals surface area contributed by atoms with Crippen LogP contribution in [0.15, 0.2) is 39.7 Å². The Hall–Kier alpha value is -2.06. The summed E-state index contributed by atoms with van der Waals surface area (Å²) >= 11 is 0. The number of guanidine groups is 1. The molecule has 8 heteroatoms. The van der Waals surface area contributed by atoms with Gasteiger partial charge >= 0.3 is 0 Å². The van der Waals surface area contributed by atoms with E-state index in [9.17, 15) is 8.42 Å². The fourth-order valence-electron chi connectivity index (χ4n) is 3.10. The summed E-state index contributed by atoms with van der Waals surface area (Å²) < 4.78 is 32.8. The molecule has 0 saturated heterocycles. The lowest BCUT2D eigenvalue weighted by atomic mass is 9.86. The Morgan fingerprint density at radius 2 is 2.11 bits per heavy atom. The van der Waals surface area contributed by atoms with Gasteiger partial charge < -0.3 is 15.1 Å². The number of para-hydroxylation sites is 1. The van der Waals surface area contributed by atoms with Crippen LogP contribution in [0.25, 0.3) is 11.0 Å². The van der Waals surface area contributed by atoms with E-state index in [0.717, 1.165) is 29.6 Å². The first-order valence-electron chi connectivity index (χ1n) is 9.97. The minimum Gasteiger partial charge on any atom is -0.459 e. The van der Waals surface area contributed by atoms with Crippen molar-refractivity contribution in [2.45, 2.75) is 39.2 Å². The van der Waals surface area contributed by atoms with Crippen LogP contribution in [-0.4, -0.2) is 39.8 Å². The monoisotopic (exact) mass is 406 g/mol. The Balaban J connectivity index is 1.55. The molecule has 1 aromatic carbocycles. The molecule has 3 N–H and O–H groups in total. The Kier molecular flexibility index (Phi) is 6.96. The molecule has 1 atom stereocenters. The summed E-state index contributed by atoms with van der Waals surface area (Å²) in [6.45, 7) is 5.39. The molecular weight excluding hydrogens is 376 g/mol. The van der Waals surface area contributed by atoms with Crippen LogP contribution in [0.3, 0.4) is 0 Å². The maximum Gasteiger partial charge on any atom is 0.213 e. The van der Waals surface area contributed by atoms with E-state index >= 15 is 0 Å². The van der Waals surface area contributed by atoms with Gasteiger partial charge in [0.1, 0.15) is 11.3 Å². The number of hydrogen-bond donors (Lipinski definition) is 3. The molecule has 0 radical (unpaired) electrons. The van der Waals surface area contributed by atoms with E-state index in [2.05, 4.69) is 20.3 Å². The maximum atomic E-state index is 12.1. The lowest BCUT2D eigenvalue weighted by molar-refractivity contribution is 0.316. The lowest BCUT2D eigenvalue weighted by Gasteiger charge is -2.25. The number of furan rings is 1. The summed E-state index contributed by atoms with van der Waals surface area (Å²) in [4.78, 5) is 4.41. The third kappa shape index (κ3) is 5.72. The molecule has 28 heavy (non-hydrogen) atoms. The molecule has 0 bridgehead atoms. The van der Waals surface area contributed by atoms with Gasteiger partial charge in [0.05, 0.1) is 18.3 Å². The van der Waals surface area contributed by atoms with Gasteiger partial charge in [-0.05, 0) is 44.7 Å². The number of hydrogen-bond acceptors (Lipinski definition) is 4. The molecule has 154 valence electrons. The molecule has 0 aliphatic heterocycles. The van der Waals surface area contributed by atoms with Crippen molar-refractivity contribution in [1.82, 2.24) is 15.4 Å². The van der Waals surface area contributed by atoms with Gasteiger partial charge in [0.15, 0.2) is 5.96 Å². The first-order valence-corrected chi connectivity index (χ1v) is 11.6. The van der Waals surface area contributed by atoms with Crippen LogP contribution in [0.5, 0.6) is 0 Å². The van der Waals surface area contributed by atoms with Crippen molar-refractivity contribution in [1.29, 1.82) is 0 Å². The van der Waals surface area contributed by atoms with Crippen molar-refractivity contribution in [3.8, 4) is 0 Å². The molecule has 1 unspecified atom stereocenters. The van der Waals surface area contributed by atoms with Gasteiger partial charge in [-0.2, -0.15) is 0 Å². The molecule has 1 aromatic heterocycles. The molecule has 1 saturated carbocycles. The molecule has 1 fully saturated rings. The number of rotatable bonds is 9. The second-order valence-electron chi connectivity index (χ2n) is 7.28. The van der Waals surface area contributed by atoms with Crippen LogP contribution in [0.4, 0.5) is 0 Å². The van der Waals surface area contributed by atoms with E-state index in [0.29, 0.717) is 25.0 Å². The third-order valence-electron chi connectivity index (χ3n) is 5.02. The van der Waals surface area contributed by atoms with Gasteiger partial charge in [0, 0.05) is 18.5 Å². The summed E-state index contributed by atoms with van der Waals surface area (Å²) in [6.07, 6.45) is 3.45. The highest BCUT2D eigenvalue weighted by Crippen LogP contribution is 2.25. The van der Waals surface area contributed by atoms with Crippen molar-refractivity contribution in [2.24, 2.45) is 10.9 Å². The van der Waals surface area contributed by atoms with Gasteiger partial charge in [0.25, 0.3) is 0 Å². The van der Waals surface area contributed by atoms with Crippen LogP contribution in [-0.2, 0) is 10.0 Å². The lowest BCUT2D eigenvalue weighted by Crippen LogP contribution is -2.39. The highest BCUT2D eigenvalue weighted by Gasteiger charge is 2.20. The Morgan fingerprint density at radius 1 is 1.32 bits per heavy atom. The van der Waals surface area contributed by atoms with Crippen LogP contribution in [0.2, 0.25) is 0 Å². The topological polar surface area (TPSA) is 95.7 Å². The molecule has 3 rings (SSSR count). The maximum absolute atomic E-state index is 12.1. The number of nitrogens with zero attached hydrogens (tertiary/aromatic N) is 1. The van der Waals surface area contributed by atoms with Crippen molar-refractivity contribution < 1.29 is 12.8 Å². The van der Waals surface area contributed by atoms with E-state index in [1.807, 2.05) is 44.2 Å². The van der Waals surface area contributed by atoms with Crippen LogP contribution >= 0.6 is 0 Å². The highest BCUT2D eigenvalue weighted by molar-refractivity contribution is 7.89. The molecular formula is C20H30N4O3S. The minimum atomic E-state index is -3.29. The van der Waals surface area contributed by atoms with Crippen LogP contribution in [0, 0.1) is 5.92 Å². The summed E-state index contributed by atoms with van der Waals surface area (Å²) in [7, 11) is -3.29. The zero-order chi connectivity index (χ0) is 20.0. The Labute approximate surface area is 167 Å². The molecule has 1 heterocycles. The Morgan fingerprint density at radius 3 is 2.79 bits per heavy atom. The van der Waals surface area contributed by atoms with Crippen LogP contribution in [0.1, 0.15) is 44.9 Å². The zero-order valence-electron chi connectivity index (χ0n) is 16.6. The number of aliphatic imine (C=N–C) groups is 1. The van der Waals surface area contributed by atoms with Gasteiger partial charge in [0.2, 0.25) is 10.0 Å². The second-order valence-corrected chi connectivity index (χ2v) is 9.20. The average Bonchev–Trinajstić information content (AvgIpc) is 3.04. The van der Waals surface area contributed by atoms with E-state index in [-0.39, 0.29) is 18.3 Å². The zero-order valence-corrected chi connectivity index (χ0v) is 17.4. The molecule has 7 nitrogen and oxygen atoms in total. The first-order chi connectivity index (χ1) is 13.5. The summed E-state index contributed by atoms with van der Waals surface area (Å²) in [5.74, 6) is 1.86. The smallest absolute Gasteiger partial charge is 0.213 e. The van der Waals surface area contributed by atoms with Gasteiger partial charge in [-0.3, -0.25) is 4.99 Å². The van der Waals surface area contributed by atoms with Gasteiger partial charge in [-0.1, -0.05) is 24.6 Å². The van der Waals surface area contributed by atoms with E-state index < -0.39 is 10.0 Å². The summed E-state index contributed by atoms with van der Waals surface area (Å²) in [5, 5.41) is 7.49. The van der Waals surface area contributed by atoms with E-state index in [1.54, 1.807) is 0 Å². The number of fused-ring (bicyclic) bond motifs is 1. The normalized spacial score (nSPS) is 16.7. The first kappa shape index (κ1) is 20.7. The summed E-state index contributed by atoms with van der Waals surface area (Å²) in [5.41, 5.74) is 0.844. The molecule has 2 aromatic rings. The third-order valence-corrected chi connectivity index (χ3v) is 6.34. The van der Waals surface area contributed by atoms with Crippen molar-refractivity contribution in [3.63, 3.8) is 0 Å². The predicted octanol–water partition coefficient (Wildman–Crippen LogP) is 2.77. The van der Waals surface area contributed by atoms with Crippen molar-refractivity contribution >= 4 is 27.0 Å². The van der Waals surface area contributed by atoms with E-state index in [4.69, 9.17) is 4.42 Å². The standard InChI is InChI=1S/C20H30N4O3S/c1-3-21-20(22-11-12-28(25,26)23-14-16-7-6-8-16)24-15(2)19-13-17-9-4-5-10-18(17)27-19/h4-5,9-10,13,15-16,23H,3,6-8,11-12,14H2,1-2H3,(H2,21,22,24). The van der Waals surface area contributed by atoms with Crippen LogP contribution < -0.4 is 15.4 Å². The fraction of sp³-hybridized carbons (Fsp3) is 0.550. The fourth-order valence-corrected chi connectivity index (χ4v) is 4.07. The molecule has 1 aliphatic rings. The minimum absolute atomic E-state index is 0.0185. The summed E-state index contributed by atoms with van der Waals surface area (Å²) in [6, 6.07) is 9.77. The second kappa shape index (κ2) is 9.43. The number of benzene rings is 1. The average molecular weight is 407 g/mol. The number of sulfonamides is 1. The SMILES string of the molecule is CCNC(=NCCS(=O)(=O)NCC1CCC1)NC(C)c1cc2ccccc2o1. The van der Waals surface area contributed by atoms with E-state index in [1.165, 1.54) is 6.42 Å². The Bertz CT molecular complexity index is 870. The number of nitrogens with one attached hydrogen (secondary N) is 3. The molecule has 0 spiro atoms. The molecule has 0 amide bonds. The molecule has 1 aliphatic carbocycles. The largest absolute Gasteiger partial charge is 0.459 e.